The summed E-state index contributed by atoms with van der Waals surface area (Å²) in [7, 11) is 13.4. The summed E-state index contributed by atoms with van der Waals surface area (Å²) in [6.45, 7) is 0. The van der Waals surface area contributed by atoms with Crippen LogP contribution >= 0.6 is 0 Å². The molecule has 0 unspecified atom stereocenters. The van der Waals surface area contributed by atoms with Crippen molar-refractivity contribution in [3.8, 4) is 39.9 Å². The predicted octanol–water partition coefficient (Wildman–Crippen LogP) is -0.580. The standard InChI is InChI=1S/C39H30B6N4O/c40-25-17-27(42)34-30(32(25)44)31-33(45)26(41)18-28(43)35(31)49(34)21-14-15-22-23-12-7-13-24(36(23)50-29(22)16-21)39-47-37(19-8-3-1-4-9-19)46-38(48-39)20-10-5-2-6-11-20/h1-18H,40-45H2. The summed E-state index contributed by atoms with van der Waals surface area (Å²) in [4.78, 5) is 14.9. The zero-order valence-electron chi connectivity index (χ0n) is 29.1. The lowest BCUT2D eigenvalue weighted by molar-refractivity contribution is 0.669. The maximum absolute atomic E-state index is 6.82. The first kappa shape index (κ1) is 30.4. The molecule has 0 aliphatic carbocycles. The van der Waals surface area contributed by atoms with Gasteiger partial charge in [-0.25, -0.2) is 15.0 Å². The van der Waals surface area contributed by atoms with Crippen molar-refractivity contribution in [2.24, 2.45) is 0 Å². The topological polar surface area (TPSA) is 56.7 Å². The molecule has 0 aliphatic rings. The van der Waals surface area contributed by atoms with Crippen LogP contribution in [0.4, 0.5) is 0 Å². The molecule has 0 amide bonds. The number of fused-ring (bicyclic) bond motifs is 6. The normalized spacial score (nSPS) is 11.7. The lowest BCUT2D eigenvalue weighted by Gasteiger charge is -2.13. The van der Waals surface area contributed by atoms with Crippen LogP contribution in [0.15, 0.2) is 114 Å². The molecule has 9 rings (SSSR count). The molecule has 0 atom stereocenters. The van der Waals surface area contributed by atoms with Gasteiger partial charge in [0.25, 0.3) is 0 Å². The molecule has 0 saturated heterocycles. The van der Waals surface area contributed by atoms with Crippen LogP contribution in [0.2, 0.25) is 0 Å². The van der Waals surface area contributed by atoms with E-state index in [0.29, 0.717) is 17.5 Å². The highest BCUT2D eigenvalue weighted by Crippen LogP contribution is 2.37. The Morgan fingerprint density at radius 2 is 1.02 bits per heavy atom. The third-order valence-corrected chi connectivity index (χ3v) is 10.4. The molecule has 0 N–H and O–H groups in total. The lowest BCUT2D eigenvalue weighted by atomic mass is 9.71. The zero-order valence-corrected chi connectivity index (χ0v) is 29.1. The van der Waals surface area contributed by atoms with Crippen molar-refractivity contribution in [3.05, 3.63) is 109 Å². The molecule has 0 aliphatic heterocycles. The van der Waals surface area contributed by atoms with E-state index in [0.717, 1.165) is 44.3 Å². The van der Waals surface area contributed by atoms with Crippen LogP contribution < -0.4 is 32.8 Å². The minimum atomic E-state index is 0.577. The maximum Gasteiger partial charge on any atom is 0.167 e. The van der Waals surface area contributed by atoms with Crippen LogP contribution in [0.1, 0.15) is 0 Å². The average molecular weight is 636 g/mol. The van der Waals surface area contributed by atoms with Gasteiger partial charge in [-0.3, -0.25) is 0 Å². The summed E-state index contributed by atoms with van der Waals surface area (Å²) in [5.74, 6) is 1.82. The SMILES string of the molecule is Bc1cc(B)c2c(c1B)c1c(B)c(B)cc(B)c1n2-c1ccc2c(c1)oc1c(-c3nc(-c4ccccc4)nc(-c4ccccc4)n3)cccc12. The highest BCUT2D eigenvalue weighted by atomic mass is 16.3. The molecule has 0 saturated carbocycles. The lowest BCUT2D eigenvalue weighted by Crippen LogP contribution is -2.33. The van der Waals surface area contributed by atoms with E-state index in [4.69, 9.17) is 19.4 Å². The molecule has 9 aromatic rings. The Morgan fingerprint density at radius 1 is 0.480 bits per heavy atom. The number of nitrogens with zero attached hydrogens (tertiary/aromatic N) is 4. The summed E-state index contributed by atoms with van der Waals surface area (Å²) in [5, 5.41) is 4.76. The van der Waals surface area contributed by atoms with Crippen molar-refractivity contribution in [3.63, 3.8) is 0 Å². The number of hydrogen-bond acceptors (Lipinski definition) is 4. The van der Waals surface area contributed by atoms with Gasteiger partial charge in [-0.2, -0.15) is 0 Å². The molecule has 50 heavy (non-hydrogen) atoms. The fourth-order valence-corrected chi connectivity index (χ4v) is 7.74. The molecule has 0 radical (unpaired) electrons. The van der Waals surface area contributed by atoms with Crippen LogP contribution in [0.25, 0.3) is 83.6 Å². The van der Waals surface area contributed by atoms with E-state index < -0.39 is 0 Å². The Kier molecular flexibility index (Phi) is 6.96. The molecule has 0 bridgehead atoms. The van der Waals surface area contributed by atoms with Crippen molar-refractivity contribution in [1.82, 2.24) is 19.5 Å². The highest BCUT2D eigenvalue weighted by Gasteiger charge is 2.22. The van der Waals surface area contributed by atoms with Gasteiger partial charge in [-0.05, 0) is 29.0 Å². The smallest absolute Gasteiger partial charge is 0.167 e. The van der Waals surface area contributed by atoms with Crippen molar-refractivity contribution in [2.45, 2.75) is 0 Å². The molecular formula is C39H30B6N4O. The van der Waals surface area contributed by atoms with Gasteiger partial charge in [0.15, 0.2) is 17.5 Å². The Morgan fingerprint density at radius 3 is 1.58 bits per heavy atom. The van der Waals surface area contributed by atoms with Gasteiger partial charge in [-0.1, -0.05) is 118 Å². The molecule has 11 heteroatoms. The summed E-state index contributed by atoms with van der Waals surface area (Å²) >= 11 is 0. The third kappa shape index (κ3) is 4.60. The zero-order chi connectivity index (χ0) is 34.3. The molecule has 6 aromatic carbocycles. The van der Waals surface area contributed by atoms with Crippen LogP contribution in [-0.4, -0.2) is 66.6 Å². The number of benzene rings is 6. The van der Waals surface area contributed by atoms with Gasteiger partial charge < -0.3 is 8.98 Å². The van der Waals surface area contributed by atoms with Gasteiger partial charge in [0.1, 0.15) is 58.2 Å². The van der Waals surface area contributed by atoms with Crippen LogP contribution in [0.5, 0.6) is 0 Å². The molecule has 5 nitrogen and oxygen atoms in total. The number of aromatic nitrogens is 4. The van der Waals surface area contributed by atoms with Crippen molar-refractivity contribution in [1.29, 1.82) is 0 Å². The fraction of sp³-hybridized carbons (Fsp3) is 0. The van der Waals surface area contributed by atoms with Crippen LogP contribution in [-0.2, 0) is 0 Å². The fourth-order valence-electron chi connectivity index (χ4n) is 7.74. The van der Waals surface area contributed by atoms with Gasteiger partial charge in [-0.15, -0.1) is 0 Å². The average Bonchev–Trinajstić information content (AvgIpc) is 3.71. The van der Waals surface area contributed by atoms with Gasteiger partial charge >= 0.3 is 0 Å². The Hall–Kier alpha value is -5.68. The Bertz CT molecular complexity index is 2700. The molecule has 0 fully saturated rings. The largest absolute Gasteiger partial charge is 0.455 e. The van der Waals surface area contributed by atoms with Gasteiger partial charge in [0, 0.05) is 44.7 Å². The number of para-hydroxylation sites is 1. The number of hydrogen-bond donors (Lipinski definition) is 0. The number of rotatable bonds is 4. The summed E-state index contributed by atoms with van der Waals surface area (Å²) < 4.78 is 9.27. The van der Waals surface area contributed by atoms with Crippen molar-refractivity contribution >= 4 is 124 Å². The predicted molar refractivity (Wildman–Crippen MR) is 227 cm³/mol. The van der Waals surface area contributed by atoms with Crippen molar-refractivity contribution < 1.29 is 4.42 Å². The minimum absolute atomic E-state index is 0.577. The summed E-state index contributed by atoms with van der Waals surface area (Å²) in [5.41, 5.74) is 15.7. The quantitative estimate of drug-likeness (QED) is 0.243. The molecule has 230 valence electrons. The van der Waals surface area contributed by atoms with Crippen LogP contribution in [0, 0.1) is 0 Å². The van der Waals surface area contributed by atoms with E-state index in [1.807, 2.05) is 66.7 Å². The monoisotopic (exact) mass is 636 g/mol. The molecule has 0 spiro atoms. The first-order chi connectivity index (χ1) is 24.3. The molecular weight excluding hydrogens is 605 g/mol. The Balaban J connectivity index is 1.29. The van der Waals surface area contributed by atoms with Crippen molar-refractivity contribution in [2.75, 3.05) is 0 Å². The van der Waals surface area contributed by atoms with E-state index in [-0.39, 0.29) is 0 Å². The van der Waals surface area contributed by atoms with E-state index >= 15 is 0 Å². The van der Waals surface area contributed by atoms with Crippen LogP contribution in [0.3, 0.4) is 0 Å². The second kappa shape index (κ2) is 11.4. The molecule has 3 aromatic heterocycles. The van der Waals surface area contributed by atoms with Gasteiger partial charge in [0.05, 0.1) is 5.56 Å². The van der Waals surface area contributed by atoms with E-state index in [9.17, 15) is 0 Å². The maximum atomic E-state index is 6.82. The summed E-state index contributed by atoms with van der Waals surface area (Å²) in [6.07, 6.45) is 0. The van der Waals surface area contributed by atoms with E-state index in [2.05, 4.69) is 94.1 Å². The van der Waals surface area contributed by atoms with Gasteiger partial charge in [0.2, 0.25) is 0 Å². The second-order valence-corrected chi connectivity index (χ2v) is 13.6. The summed E-state index contributed by atoms with van der Waals surface area (Å²) in [6, 6.07) is 37.6. The second-order valence-electron chi connectivity index (χ2n) is 13.6. The van der Waals surface area contributed by atoms with E-state index in [1.54, 1.807) is 0 Å². The minimum Gasteiger partial charge on any atom is -0.455 e. The first-order valence-corrected chi connectivity index (χ1v) is 17.1. The number of furan rings is 1. The van der Waals surface area contributed by atoms with E-state index in [1.165, 1.54) is 54.6 Å². The Labute approximate surface area is 295 Å². The highest BCUT2D eigenvalue weighted by molar-refractivity contribution is 6.62. The third-order valence-electron chi connectivity index (χ3n) is 10.4. The molecule has 3 heterocycles. The first-order valence-electron chi connectivity index (χ1n) is 17.1.